The lowest BCUT2D eigenvalue weighted by molar-refractivity contribution is -0.0211. The number of fused-ring (bicyclic) bond motifs is 1. The van der Waals surface area contributed by atoms with E-state index in [9.17, 15) is 9.90 Å². The van der Waals surface area contributed by atoms with Gasteiger partial charge in [-0.25, -0.2) is 4.79 Å². The van der Waals surface area contributed by atoms with E-state index in [-0.39, 0.29) is 17.6 Å². The quantitative estimate of drug-likeness (QED) is 0.774. The van der Waals surface area contributed by atoms with Gasteiger partial charge in [0.05, 0.1) is 30.3 Å². The van der Waals surface area contributed by atoms with Crippen molar-refractivity contribution in [2.75, 3.05) is 39.9 Å². The Morgan fingerprint density at radius 3 is 2.74 bits per heavy atom. The Morgan fingerprint density at radius 1 is 1.37 bits per heavy atom. The molecule has 2 aliphatic heterocycles. The van der Waals surface area contributed by atoms with Crippen molar-refractivity contribution in [2.45, 2.75) is 39.3 Å². The first-order valence-corrected chi connectivity index (χ1v) is 10.2. The lowest BCUT2D eigenvalue weighted by Gasteiger charge is -2.46. The van der Waals surface area contributed by atoms with Crippen LogP contribution in [0.5, 0.6) is 5.75 Å². The highest BCUT2D eigenvalue weighted by Gasteiger charge is 2.39. The van der Waals surface area contributed by atoms with Crippen LogP contribution in [-0.2, 0) is 11.2 Å². The molecule has 1 aromatic rings. The molecule has 0 radical (unpaired) electrons. The molecule has 2 aliphatic rings. The van der Waals surface area contributed by atoms with Gasteiger partial charge in [-0.1, -0.05) is 26.8 Å². The van der Waals surface area contributed by atoms with Crippen molar-refractivity contribution in [2.24, 2.45) is 5.41 Å². The number of hydrogen-bond acceptors (Lipinski definition) is 4. The first kappa shape index (κ1) is 20.4. The molecule has 1 amide bonds. The third-order valence-electron chi connectivity index (χ3n) is 5.60. The Hall–Kier alpha value is -1.31. The van der Waals surface area contributed by atoms with Crippen molar-refractivity contribution in [1.82, 2.24) is 9.80 Å². The maximum atomic E-state index is 11.6. The summed E-state index contributed by atoms with van der Waals surface area (Å²) < 4.78 is 12.7. The summed E-state index contributed by atoms with van der Waals surface area (Å²) in [6.07, 6.45) is -0.0116. The summed E-state index contributed by atoms with van der Waals surface area (Å²) in [4.78, 5) is 15.6. The molecule has 2 unspecified atom stereocenters. The fourth-order valence-electron chi connectivity index (χ4n) is 4.15. The van der Waals surface area contributed by atoms with E-state index in [1.54, 1.807) is 12.0 Å². The first-order valence-electron chi connectivity index (χ1n) is 9.41. The number of carbonyl (C=O) groups is 1. The molecule has 2 atom stereocenters. The van der Waals surface area contributed by atoms with Gasteiger partial charge in [-0.3, -0.25) is 4.90 Å². The van der Waals surface area contributed by atoms with Crippen LogP contribution < -0.4 is 4.74 Å². The summed E-state index contributed by atoms with van der Waals surface area (Å²) in [6, 6.07) is 4.09. The first-order chi connectivity index (χ1) is 12.7. The molecule has 1 aromatic carbocycles. The smallest absolute Gasteiger partial charge is 0.407 e. The van der Waals surface area contributed by atoms with E-state index >= 15 is 0 Å². The maximum absolute atomic E-state index is 11.6. The van der Waals surface area contributed by atoms with E-state index in [1.165, 1.54) is 11.1 Å². The number of amides is 1. The Balaban J connectivity index is 1.78. The van der Waals surface area contributed by atoms with Gasteiger partial charge in [-0.2, -0.15) is 0 Å². The second-order valence-corrected chi connectivity index (χ2v) is 9.23. The van der Waals surface area contributed by atoms with Crippen LogP contribution in [-0.4, -0.2) is 66.9 Å². The van der Waals surface area contributed by atoms with Crippen molar-refractivity contribution < 1.29 is 19.4 Å². The summed E-state index contributed by atoms with van der Waals surface area (Å²) in [7, 11) is 1.70. The van der Waals surface area contributed by atoms with Crippen LogP contribution in [0.1, 0.15) is 38.0 Å². The van der Waals surface area contributed by atoms with E-state index in [0.29, 0.717) is 13.2 Å². The Labute approximate surface area is 169 Å². The molecule has 3 rings (SSSR count). The van der Waals surface area contributed by atoms with Gasteiger partial charge in [0, 0.05) is 31.7 Å². The number of rotatable bonds is 3. The van der Waals surface area contributed by atoms with Gasteiger partial charge in [0.15, 0.2) is 0 Å². The van der Waals surface area contributed by atoms with Crippen LogP contribution >= 0.6 is 15.9 Å². The lowest BCUT2D eigenvalue weighted by Crippen LogP contribution is -2.59. The molecule has 7 heteroatoms. The van der Waals surface area contributed by atoms with Crippen LogP contribution in [0.15, 0.2) is 16.6 Å². The van der Waals surface area contributed by atoms with Crippen LogP contribution in [0.4, 0.5) is 4.79 Å². The van der Waals surface area contributed by atoms with Gasteiger partial charge >= 0.3 is 6.09 Å². The molecular formula is C20H29BrN2O4. The zero-order valence-corrected chi connectivity index (χ0v) is 18.1. The zero-order valence-electron chi connectivity index (χ0n) is 16.5. The van der Waals surface area contributed by atoms with E-state index in [4.69, 9.17) is 9.47 Å². The van der Waals surface area contributed by atoms with Gasteiger partial charge in [0.2, 0.25) is 0 Å². The summed E-state index contributed by atoms with van der Waals surface area (Å²) in [6.45, 7) is 9.71. The van der Waals surface area contributed by atoms with Gasteiger partial charge in [0.1, 0.15) is 5.75 Å². The normalized spacial score (nSPS) is 23.8. The van der Waals surface area contributed by atoms with Crippen molar-refractivity contribution in [3.63, 3.8) is 0 Å². The second kappa shape index (κ2) is 7.97. The molecule has 0 bridgehead atoms. The summed E-state index contributed by atoms with van der Waals surface area (Å²) in [5.74, 6) is 0.893. The minimum atomic E-state index is -0.830. The van der Waals surface area contributed by atoms with Gasteiger partial charge < -0.3 is 19.5 Å². The monoisotopic (exact) mass is 440 g/mol. The lowest BCUT2D eigenvalue weighted by atomic mass is 9.84. The van der Waals surface area contributed by atoms with E-state index in [1.807, 2.05) is 6.07 Å². The van der Waals surface area contributed by atoms with Crippen LogP contribution in [0.2, 0.25) is 0 Å². The SMILES string of the molecule is COc1c(Br)ccc2c1CCOC2CN1CCN(C(=O)O)C(C(C)(C)C)C1. The standard InChI is InChI=1S/C20H29BrN2O4/c1-20(2,3)17-12-22(8-9-23(17)19(24)25)11-16-13-5-6-15(21)18(26-4)14(13)7-10-27-16/h5-6,16-17H,7-12H2,1-4H3,(H,24,25). The minimum absolute atomic E-state index is 0.0206. The molecule has 0 aliphatic carbocycles. The zero-order chi connectivity index (χ0) is 19.8. The van der Waals surface area contributed by atoms with E-state index < -0.39 is 6.09 Å². The highest BCUT2D eigenvalue weighted by Crippen LogP contribution is 2.39. The molecular weight excluding hydrogens is 412 g/mol. The number of carboxylic acid groups (broad SMARTS) is 1. The number of methoxy groups -OCH3 is 1. The third-order valence-corrected chi connectivity index (χ3v) is 6.23. The highest BCUT2D eigenvalue weighted by atomic mass is 79.9. The summed E-state index contributed by atoms with van der Waals surface area (Å²) in [5.41, 5.74) is 2.27. The molecule has 1 N–H and O–H groups in total. The van der Waals surface area contributed by atoms with E-state index in [2.05, 4.69) is 47.7 Å². The van der Waals surface area contributed by atoms with Crippen LogP contribution in [0.3, 0.4) is 0 Å². The average molecular weight is 441 g/mol. The number of piperazine rings is 1. The fourth-order valence-corrected chi connectivity index (χ4v) is 4.68. The Morgan fingerprint density at radius 2 is 2.11 bits per heavy atom. The van der Waals surface area contributed by atoms with Crippen molar-refractivity contribution in [1.29, 1.82) is 0 Å². The number of halogens is 1. The average Bonchev–Trinajstić information content (AvgIpc) is 2.61. The predicted octanol–water partition coefficient (Wildman–Crippen LogP) is 3.78. The molecule has 0 spiro atoms. The molecule has 150 valence electrons. The second-order valence-electron chi connectivity index (χ2n) is 8.38. The van der Waals surface area contributed by atoms with Crippen molar-refractivity contribution >= 4 is 22.0 Å². The number of benzene rings is 1. The molecule has 27 heavy (non-hydrogen) atoms. The molecule has 0 aromatic heterocycles. The number of ether oxygens (including phenoxy) is 2. The Kier molecular flexibility index (Phi) is 6.03. The topological polar surface area (TPSA) is 62.2 Å². The molecule has 2 heterocycles. The number of hydrogen-bond donors (Lipinski definition) is 1. The summed E-state index contributed by atoms with van der Waals surface area (Å²) in [5, 5.41) is 9.56. The Bertz CT molecular complexity index is 704. The van der Waals surface area contributed by atoms with Crippen LogP contribution in [0.25, 0.3) is 0 Å². The van der Waals surface area contributed by atoms with Gasteiger partial charge in [-0.15, -0.1) is 0 Å². The highest BCUT2D eigenvalue weighted by molar-refractivity contribution is 9.10. The molecule has 0 saturated carbocycles. The minimum Gasteiger partial charge on any atom is -0.495 e. The number of nitrogens with zero attached hydrogens (tertiary/aromatic N) is 2. The van der Waals surface area contributed by atoms with Crippen molar-refractivity contribution in [3.05, 3.63) is 27.7 Å². The van der Waals surface area contributed by atoms with Gasteiger partial charge in [0.25, 0.3) is 0 Å². The molecule has 6 nitrogen and oxygen atoms in total. The van der Waals surface area contributed by atoms with Crippen LogP contribution in [0, 0.1) is 5.41 Å². The van der Waals surface area contributed by atoms with Crippen molar-refractivity contribution in [3.8, 4) is 5.75 Å². The molecule has 1 saturated heterocycles. The fraction of sp³-hybridized carbons (Fsp3) is 0.650. The largest absolute Gasteiger partial charge is 0.495 e. The third kappa shape index (κ3) is 4.25. The predicted molar refractivity (Wildman–Crippen MR) is 108 cm³/mol. The van der Waals surface area contributed by atoms with E-state index in [0.717, 1.165) is 36.3 Å². The molecule has 1 fully saturated rings. The maximum Gasteiger partial charge on any atom is 0.407 e. The summed E-state index contributed by atoms with van der Waals surface area (Å²) >= 11 is 3.57. The van der Waals surface area contributed by atoms with Gasteiger partial charge in [-0.05, 0) is 39.4 Å².